The Morgan fingerprint density at radius 1 is 1.18 bits per heavy atom. The van der Waals surface area contributed by atoms with Gasteiger partial charge in [0.15, 0.2) is 0 Å². The van der Waals surface area contributed by atoms with Crippen molar-refractivity contribution in [3.63, 3.8) is 0 Å². The summed E-state index contributed by atoms with van der Waals surface area (Å²) >= 11 is 8.22. The molecule has 1 N–H and O–H groups in total. The van der Waals surface area contributed by atoms with Crippen LogP contribution >= 0.6 is 34.2 Å². The lowest BCUT2D eigenvalue weighted by atomic mass is 10.1. The van der Waals surface area contributed by atoms with Crippen molar-refractivity contribution in [1.82, 2.24) is 0 Å². The zero-order chi connectivity index (χ0) is 12.3. The molecule has 2 aromatic carbocycles. The molecule has 3 heteroatoms. The van der Waals surface area contributed by atoms with Crippen molar-refractivity contribution < 1.29 is 0 Å². The lowest BCUT2D eigenvalue weighted by Crippen LogP contribution is -2.02. The van der Waals surface area contributed by atoms with Gasteiger partial charge < -0.3 is 5.32 Å². The molecule has 0 aromatic heterocycles. The zero-order valence-electron chi connectivity index (χ0n) is 9.50. The second kappa shape index (κ2) is 5.74. The van der Waals surface area contributed by atoms with Gasteiger partial charge in [0.1, 0.15) is 0 Å². The van der Waals surface area contributed by atoms with Crippen LogP contribution in [0.15, 0.2) is 42.5 Å². The van der Waals surface area contributed by atoms with Crippen LogP contribution in [0, 0.1) is 10.5 Å². The van der Waals surface area contributed by atoms with Crippen LogP contribution in [0.5, 0.6) is 0 Å². The molecule has 0 spiro atoms. The van der Waals surface area contributed by atoms with Gasteiger partial charge in [-0.1, -0.05) is 35.9 Å². The molecule has 88 valence electrons. The van der Waals surface area contributed by atoms with Crippen LogP contribution in [0.25, 0.3) is 0 Å². The maximum atomic E-state index is 5.93. The van der Waals surface area contributed by atoms with Crippen LogP contribution in [0.3, 0.4) is 0 Å². The van der Waals surface area contributed by atoms with Crippen LogP contribution in [0.2, 0.25) is 5.02 Å². The Bertz CT molecular complexity index is 525. The third-order valence-corrected chi connectivity index (χ3v) is 3.79. The predicted molar refractivity (Wildman–Crippen MR) is 82.7 cm³/mol. The summed E-state index contributed by atoms with van der Waals surface area (Å²) in [5, 5.41) is 4.21. The average Bonchev–Trinajstić information content (AvgIpc) is 2.30. The normalized spacial score (nSPS) is 10.3. The zero-order valence-corrected chi connectivity index (χ0v) is 12.4. The van der Waals surface area contributed by atoms with Gasteiger partial charge in [0.2, 0.25) is 0 Å². The quantitative estimate of drug-likeness (QED) is 0.773. The van der Waals surface area contributed by atoms with E-state index in [2.05, 4.69) is 59.1 Å². The smallest absolute Gasteiger partial charge is 0.0479 e. The maximum Gasteiger partial charge on any atom is 0.0479 e. The number of benzene rings is 2. The molecule has 0 aliphatic rings. The molecule has 0 unspecified atom stereocenters. The molecule has 0 radical (unpaired) electrons. The molecule has 0 saturated carbocycles. The second-order valence-electron chi connectivity index (χ2n) is 3.90. The Labute approximate surface area is 120 Å². The largest absolute Gasteiger partial charge is 0.380 e. The van der Waals surface area contributed by atoms with Crippen molar-refractivity contribution in [3.8, 4) is 0 Å². The number of halogens is 2. The van der Waals surface area contributed by atoms with Gasteiger partial charge in [0.25, 0.3) is 0 Å². The fourth-order valence-electron chi connectivity index (χ4n) is 1.63. The van der Waals surface area contributed by atoms with Crippen molar-refractivity contribution in [2.24, 2.45) is 0 Å². The number of nitrogens with one attached hydrogen (secondary N) is 1. The lowest BCUT2D eigenvalue weighted by Gasteiger charge is -2.10. The summed E-state index contributed by atoms with van der Waals surface area (Å²) in [7, 11) is 0. The molecule has 0 fully saturated rings. The van der Waals surface area contributed by atoms with Crippen LogP contribution in [0.4, 0.5) is 5.69 Å². The Morgan fingerprint density at radius 3 is 2.65 bits per heavy atom. The molecule has 1 nitrogen and oxygen atoms in total. The van der Waals surface area contributed by atoms with Gasteiger partial charge in [-0.05, 0) is 58.8 Å². The number of hydrogen-bond donors (Lipinski definition) is 1. The summed E-state index contributed by atoms with van der Waals surface area (Å²) < 4.78 is 1.14. The predicted octanol–water partition coefficient (Wildman–Crippen LogP) is 4.87. The minimum atomic E-state index is 0.774. The van der Waals surface area contributed by atoms with Gasteiger partial charge in [-0.15, -0.1) is 0 Å². The lowest BCUT2D eigenvalue weighted by molar-refractivity contribution is 1.12. The van der Waals surface area contributed by atoms with Crippen LogP contribution in [0.1, 0.15) is 11.1 Å². The van der Waals surface area contributed by atoms with E-state index in [4.69, 9.17) is 11.6 Å². The summed E-state index contributed by atoms with van der Waals surface area (Å²) in [4.78, 5) is 0. The van der Waals surface area contributed by atoms with E-state index >= 15 is 0 Å². The Hall–Kier alpha value is -0.740. The van der Waals surface area contributed by atoms with Crippen molar-refractivity contribution >= 4 is 39.9 Å². The second-order valence-corrected chi connectivity index (χ2v) is 5.50. The standard InChI is InChI=1S/C14H13ClIN/c1-10-4-2-3-5-11(10)9-17-14-7-6-12(15)8-13(14)16/h2-8,17H,9H2,1H3. The number of rotatable bonds is 3. The van der Waals surface area contributed by atoms with Crippen molar-refractivity contribution in [3.05, 3.63) is 62.2 Å². The molecule has 17 heavy (non-hydrogen) atoms. The van der Waals surface area contributed by atoms with Gasteiger partial charge >= 0.3 is 0 Å². The molecule has 0 bridgehead atoms. The van der Waals surface area contributed by atoms with Crippen LogP contribution in [-0.4, -0.2) is 0 Å². The first kappa shape index (κ1) is 12.7. The van der Waals surface area contributed by atoms with E-state index in [0.717, 1.165) is 20.8 Å². The molecule has 0 saturated heterocycles. The minimum Gasteiger partial charge on any atom is -0.380 e. The van der Waals surface area contributed by atoms with Gasteiger partial charge in [-0.25, -0.2) is 0 Å². The first-order chi connectivity index (χ1) is 8.16. The van der Waals surface area contributed by atoms with E-state index in [0.29, 0.717) is 0 Å². The summed E-state index contributed by atoms with van der Waals surface area (Å²) in [6.07, 6.45) is 0. The summed E-state index contributed by atoms with van der Waals surface area (Å²) in [6.45, 7) is 2.97. The first-order valence-corrected chi connectivity index (χ1v) is 6.86. The highest BCUT2D eigenvalue weighted by molar-refractivity contribution is 14.1. The van der Waals surface area contributed by atoms with Crippen LogP contribution < -0.4 is 5.32 Å². The third kappa shape index (κ3) is 3.36. The van der Waals surface area contributed by atoms with E-state index in [1.807, 2.05) is 18.2 Å². The Kier molecular flexibility index (Phi) is 4.29. The van der Waals surface area contributed by atoms with Gasteiger partial charge in [-0.3, -0.25) is 0 Å². The molecule has 2 rings (SSSR count). The minimum absolute atomic E-state index is 0.774. The van der Waals surface area contributed by atoms with Gasteiger partial charge in [0, 0.05) is 20.8 Å². The topological polar surface area (TPSA) is 12.0 Å². The van der Waals surface area contributed by atoms with Crippen molar-refractivity contribution in [2.45, 2.75) is 13.5 Å². The highest BCUT2D eigenvalue weighted by Crippen LogP contribution is 2.23. The van der Waals surface area contributed by atoms with E-state index in [1.54, 1.807) is 0 Å². The van der Waals surface area contributed by atoms with E-state index < -0.39 is 0 Å². The van der Waals surface area contributed by atoms with E-state index in [-0.39, 0.29) is 0 Å². The average molecular weight is 358 g/mol. The Morgan fingerprint density at radius 2 is 1.94 bits per heavy atom. The molecular formula is C14H13ClIN. The van der Waals surface area contributed by atoms with Crippen molar-refractivity contribution in [1.29, 1.82) is 0 Å². The third-order valence-electron chi connectivity index (χ3n) is 2.66. The Balaban J connectivity index is 2.10. The van der Waals surface area contributed by atoms with E-state index in [9.17, 15) is 0 Å². The fraction of sp³-hybridized carbons (Fsp3) is 0.143. The maximum absolute atomic E-state index is 5.93. The molecule has 0 amide bonds. The molecular weight excluding hydrogens is 345 g/mol. The van der Waals surface area contributed by atoms with Crippen molar-refractivity contribution in [2.75, 3.05) is 5.32 Å². The van der Waals surface area contributed by atoms with Crippen LogP contribution in [-0.2, 0) is 6.54 Å². The van der Waals surface area contributed by atoms with E-state index in [1.165, 1.54) is 11.1 Å². The SMILES string of the molecule is Cc1ccccc1CNc1ccc(Cl)cc1I. The molecule has 2 aromatic rings. The summed E-state index contributed by atoms with van der Waals surface area (Å²) in [5.74, 6) is 0. The summed E-state index contributed by atoms with van der Waals surface area (Å²) in [6, 6.07) is 14.3. The number of aryl methyl sites for hydroxylation is 1. The molecule has 0 heterocycles. The van der Waals surface area contributed by atoms with Gasteiger partial charge in [-0.2, -0.15) is 0 Å². The monoisotopic (exact) mass is 357 g/mol. The van der Waals surface area contributed by atoms with Gasteiger partial charge in [0.05, 0.1) is 0 Å². The number of anilines is 1. The highest BCUT2D eigenvalue weighted by atomic mass is 127. The molecule has 0 aliphatic heterocycles. The fourth-order valence-corrected chi connectivity index (χ4v) is 2.69. The highest BCUT2D eigenvalue weighted by Gasteiger charge is 2.01. The summed E-state index contributed by atoms with van der Waals surface area (Å²) in [5.41, 5.74) is 3.75. The first-order valence-electron chi connectivity index (χ1n) is 5.40. The molecule has 0 aliphatic carbocycles. The molecule has 0 atom stereocenters. The number of hydrogen-bond acceptors (Lipinski definition) is 1.